The van der Waals surface area contributed by atoms with Gasteiger partial charge in [-0.1, -0.05) is 0 Å². The van der Waals surface area contributed by atoms with E-state index < -0.39 is 0 Å². The third kappa shape index (κ3) is 4.56. The first-order chi connectivity index (χ1) is 9.79. The van der Waals surface area contributed by atoms with Gasteiger partial charge in [0.05, 0.1) is 17.0 Å². The van der Waals surface area contributed by atoms with Crippen molar-refractivity contribution in [1.29, 1.82) is 0 Å². The Morgan fingerprint density at radius 1 is 1.40 bits per heavy atom. The van der Waals surface area contributed by atoms with Crippen LogP contribution in [0.3, 0.4) is 0 Å². The summed E-state index contributed by atoms with van der Waals surface area (Å²) in [5, 5.41) is 3.18. The molecule has 0 unspecified atom stereocenters. The molecule has 0 saturated carbocycles. The van der Waals surface area contributed by atoms with Crippen LogP contribution in [0, 0.1) is 5.82 Å². The topological polar surface area (TPSA) is 43.4 Å². The normalized spacial score (nSPS) is 10.7. The SMILES string of the molecule is COCCNCc1cc(F)ccc1OCc1cncs1. The van der Waals surface area contributed by atoms with E-state index in [-0.39, 0.29) is 5.82 Å². The van der Waals surface area contributed by atoms with Gasteiger partial charge in [-0.2, -0.15) is 0 Å². The first-order valence-corrected chi connectivity index (χ1v) is 7.16. The largest absolute Gasteiger partial charge is 0.488 e. The number of thiazole rings is 1. The minimum absolute atomic E-state index is 0.265. The molecule has 0 saturated heterocycles. The van der Waals surface area contributed by atoms with E-state index >= 15 is 0 Å². The number of rotatable bonds is 8. The molecule has 0 spiro atoms. The molecule has 1 N–H and O–H groups in total. The molecule has 108 valence electrons. The molecule has 0 atom stereocenters. The highest BCUT2D eigenvalue weighted by Crippen LogP contribution is 2.21. The molecule has 0 fully saturated rings. The van der Waals surface area contributed by atoms with Crippen molar-refractivity contribution < 1.29 is 13.9 Å². The molecule has 6 heteroatoms. The van der Waals surface area contributed by atoms with Gasteiger partial charge in [-0.25, -0.2) is 4.39 Å². The lowest BCUT2D eigenvalue weighted by Gasteiger charge is -2.11. The van der Waals surface area contributed by atoms with Crippen LogP contribution < -0.4 is 10.1 Å². The highest BCUT2D eigenvalue weighted by molar-refractivity contribution is 7.09. The molecule has 2 rings (SSSR count). The van der Waals surface area contributed by atoms with Crippen molar-refractivity contribution in [2.75, 3.05) is 20.3 Å². The Hall–Kier alpha value is -1.50. The third-order valence-electron chi connectivity index (χ3n) is 2.67. The Balaban J connectivity index is 1.95. The number of ether oxygens (including phenoxy) is 2. The number of methoxy groups -OCH3 is 1. The lowest BCUT2D eigenvalue weighted by atomic mass is 10.2. The minimum atomic E-state index is -0.265. The molecule has 0 aliphatic carbocycles. The van der Waals surface area contributed by atoms with Crippen molar-refractivity contribution in [2.24, 2.45) is 0 Å². The molecule has 0 aliphatic heterocycles. The molecule has 1 heterocycles. The predicted octanol–water partition coefficient (Wildman–Crippen LogP) is 2.60. The van der Waals surface area contributed by atoms with E-state index in [9.17, 15) is 4.39 Å². The third-order valence-corrected chi connectivity index (χ3v) is 3.43. The predicted molar refractivity (Wildman–Crippen MR) is 76.4 cm³/mol. The number of benzene rings is 1. The maximum atomic E-state index is 13.3. The summed E-state index contributed by atoms with van der Waals surface area (Å²) in [5.74, 6) is 0.420. The summed E-state index contributed by atoms with van der Waals surface area (Å²) in [7, 11) is 1.65. The maximum Gasteiger partial charge on any atom is 0.124 e. The van der Waals surface area contributed by atoms with E-state index in [1.807, 2.05) is 0 Å². The fourth-order valence-corrected chi connectivity index (χ4v) is 2.19. The summed E-state index contributed by atoms with van der Waals surface area (Å²) < 4.78 is 24.0. The fraction of sp³-hybridized carbons (Fsp3) is 0.357. The molecule has 4 nitrogen and oxygen atoms in total. The van der Waals surface area contributed by atoms with Gasteiger partial charge in [0.15, 0.2) is 0 Å². The van der Waals surface area contributed by atoms with Crippen LogP contribution in [-0.2, 0) is 17.9 Å². The number of hydrogen-bond donors (Lipinski definition) is 1. The van der Waals surface area contributed by atoms with E-state index in [0.717, 1.165) is 10.4 Å². The van der Waals surface area contributed by atoms with Gasteiger partial charge in [0.2, 0.25) is 0 Å². The molecule has 2 aromatic rings. The van der Waals surface area contributed by atoms with E-state index in [2.05, 4.69) is 10.3 Å². The summed E-state index contributed by atoms with van der Waals surface area (Å²) in [4.78, 5) is 5.03. The van der Waals surface area contributed by atoms with Crippen molar-refractivity contribution in [2.45, 2.75) is 13.2 Å². The van der Waals surface area contributed by atoms with Crippen molar-refractivity contribution in [1.82, 2.24) is 10.3 Å². The Morgan fingerprint density at radius 2 is 2.30 bits per heavy atom. The number of nitrogens with zero attached hydrogens (tertiary/aromatic N) is 1. The van der Waals surface area contributed by atoms with Crippen molar-refractivity contribution in [3.8, 4) is 5.75 Å². The van der Waals surface area contributed by atoms with Gasteiger partial charge < -0.3 is 14.8 Å². The van der Waals surface area contributed by atoms with Gasteiger partial charge in [-0.15, -0.1) is 11.3 Å². The van der Waals surface area contributed by atoms with Crippen LogP contribution in [0.25, 0.3) is 0 Å². The Bertz CT molecular complexity index is 520. The zero-order valence-corrected chi connectivity index (χ0v) is 12.1. The molecule has 0 aliphatic rings. The standard InChI is InChI=1S/C14H17FN2O2S/c1-18-5-4-16-7-11-6-12(15)2-3-14(11)19-9-13-8-17-10-20-13/h2-3,6,8,10,16H,4-5,7,9H2,1H3. The van der Waals surface area contributed by atoms with Gasteiger partial charge in [0.1, 0.15) is 18.2 Å². The molecule has 0 bridgehead atoms. The monoisotopic (exact) mass is 296 g/mol. The molecule has 20 heavy (non-hydrogen) atoms. The minimum Gasteiger partial charge on any atom is -0.488 e. The van der Waals surface area contributed by atoms with E-state index in [1.54, 1.807) is 24.9 Å². The average Bonchev–Trinajstić information content (AvgIpc) is 2.96. The van der Waals surface area contributed by atoms with Crippen molar-refractivity contribution in [3.63, 3.8) is 0 Å². The second-order valence-electron chi connectivity index (χ2n) is 4.18. The number of hydrogen-bond acceptors (Lipinski definition) is 5. The molecule has 1 aromatic heterocycles. The van der Waals surface area contributed by atoms with Crippen molar-refractivity contribution in [3.05, 3.63) is 46.2 Å². The van der Waals surface area contributed by atoms with Gasteiger partial charge in [-0.05, 0) is 18.2 Å². The van der Waals surface area contributed by atoms with E-state index in [1.165, 1.54) is 23.5 Å². The van der Waals surface area contributed by atoms with Crippen molar-refractivity contribution >= 4 is 11.3 Å². The van der Waals surface area contributed by atoms with Crippen LogP contribution in [0.1, 0.15) is 10.4 Å². The maximum absolute atomic E-state index is 13.3. The van der Waals surface area contributed by atoms with Gasteiger partial charge >= 0.3 is 0 Å². The fourth-order valence-electron chi connectivity index (χ4n) is 1.69. The van der Waals surface area contributed by atoms with E-state index in [4.69, 9.17) is 9.47 Å². The highest BCUT2D eigenvalue weighted by Gasteiger charge is 2.06. The molecular formula is C14H17FN2O2S. The zero-order chi connectivity index (χ0) is 14.2. The average molecular weight is 296 g/mol. The summed E-state index contributed by atoms with van der Waals surface area (Å²) in [5.41, 5.74) is 2.56. The second kappa shape index (κ2) is 7.94. The summed E-state index contributed by atoms with van der Waals surface area (Å²) in [6.07, 6.45) is 1.77. The summed E-state index contributed by atoms with van der Waals surface area (Å²) in [6.45, 7) is 2.31. The summed E-state index contributed by atoms with van der Waals surface area (Å²) >= 11 is 1.53. The first-order valence-electron chi connectivity index (χ1n) is 6.28. The van der Waals surface area contributed by atoms with Crippen LogP contribution in [0.4, 0.5) is 4.39 Å². The smallest absolute Gasteiger partial charge is 0.124 e. The first kappa shape index (κ1) is 14.9. The summed E-state index contributed by atoms with van der Waals surface area (Å²) in [6, 6.07) is 4.55. The molecule has 1 aromatic carbocycles. The van der Waals surface area contributed by atoms with E-state index in [0.29, 0.717) is 32.1 Å². The highest BCUT2D eigenvalue weighted by atomic mass is 32.1. The molecule has 0 amide bonds. The van der Waals surface area contributed by atoms with Gasteiger partial charge in [0.25, 0.3) is 0 Å². The second-order valence-corrected chi connectivity index (χ2v) is 5.15. The quantitative estimate of drug-likeness (QED) is 0.760. The Labute approximate surface area is 121 Å². The number of aromatic nitrogens is 1. The molecular weight excluding hydrogens is 279 g/mol. The lowest BCUT2D eigenvalue weighted by Crippen LogP contribution is -2.19. The molecule has 0 radical (unpaired) electrons. The van der Waals surface area contributed by atoms with Gasteiger partial charge in [0, 0.05) is 32.0 Å². The lowest BCUT2D eigenvalue weighted by molar-refractivity contribution is 0.199. The van der Waals surface area contributed by atoms with Crippen LogP contribution in [0.15, 0.2) is 29.9 Å². The van der Waals surface area contributed by atoms with Gasteiger partial charge in [-0.3, -0.25) is 4.98 Å². The van der Waals surface area contributed by atoms with Crippen LogP contribution in [0.5, 0.6) is 5.75 Å². The number of halogens is 1. The Kier molecular flexibility index (Phi) is 5.91. The zero-order valence-electron chi connectivity index (χ0n) is 11.3. The Morgan fingerprint density at radius 3 is 3.05 bits per heavy atom. The van der Waals surface area contributed by atoms with Crippen LogP contribution in [-0.4, -0.2) is 25.2 Å². The van der Waals surface area contributed by atoms with Crippen LogP contribution in [0.2, 0.25) is 0 Å². The van der Waals surface area contributed by atoms with Crippen LogP contribution >= 0.6 is 11.3 Å². The number of nitrogens with one attached hydrogen (secondary N) is 1.